The second kappa shape index (κ2) is 8.58. The number of primary sulfonamides is 1. The topological polar surface area (TPSA) is 145 Å². The van der Waals surface area contributed by atoms with Crippen molar-refractivity contribution in [1.29, 1.82) is 5.41 Å². The van der Waals surface area contributed by atoms with E-state index in [2.05, 4.69) is 15.3 Å². The lowest BCUT2D eigenvalue weighted by Crippen LogP contribution is -2.12. The highest BCUT2D eigenvalue weighted by atomic mass is 32.2. The predicted octanol–water partition coefficient (Wildman–Crippen LogP) is 2.61. The van der Waals surface area contributed by atoms with Crippen LogP contribution in [-0.4, -0.2) is 24.1 Å². The number of sulfonamides is 1. The van der Waals surface area contributed by atoms with E-state index < -0.39 is 10.0 Å². The van der Waals surface area contributed by atoms with Gasteiger partial charge in [0.15, 0.2) is 0 Å². The zero-order chi connectivity index (χ0) is 22.7. The van der Waals surface area contributed by atoms with Crippen LogP contribution < -0.4 is 15.6 Å². The molecule has 0 amide bonds. The minimum Gasteiger partial charge on any atom is -0.872 e. The Labute approximate surface area is 185 Å². The first-order valence-corrected chi connectivity index (χ1v) is 11.0. The van der Waals surface area contributed by atoms with E-state index in [-0.39, 0.29) is 27.9 Å². The number of rotatable bonds is 5. The molecular weight excluding hydrogens is 426 g/mol. The Balaban J connectivity index is 1.63. The minimum atomic E-state index is -3.77. The average Bonchev–Trinajstić information content (AvgIpc) is 2.79. The lowest BCUT2D eigenvalue weighted by Gasteiger charge is -2.20. The fraction of sp³-hybridized carbons (Fsp3) is 0. The highest BCUT2D eigenvalue weighted by Crippen LogP contribution is 2.26. The normalized spacial score (nSPS) is 15.3. The van der Waals surface area contributed by atoms with Crippen LogP contribution in [0.3, 0.4) is 0 Å². The third kappa shape index (κ3) is 4.64. The molecule has 8 nitrogen and oxygen atoms in total. The molecule has 0 unspecified atom stereocenters. The molecule has 4 N–H and O–H groups in total. The fourth-order valence-electron chi connectivity index (χ4n) is 3.07. The van der Waals surface area contributed by atoms with Crippen LogP contribution in [0, 0.1) is 5.41 Å². The van der Waals surface area contributed by atoms with Gasteiger partial charge < -0.3 is 15.8 Å². The molecule has 160 valence electrons. The van der Waals surface area contributed by atoms with Crippen LogP contribution in [0.15, 0.2) is 95.6 Å². The Morgan fingerprint density at radius 3 is 2.41 bits per heavy atom. The molecule has 1 heterocycles. The molecule has 0 fully saturated rings. The van der Waals surface area contributed by atoms with Gasteiger partial charge in [0.05, 0.1) is 16.3 Å². The number of benzene rings is 2. The molecule has 1 aliphatic rings. The van der Waals surface area contributed by atoms with Gasteiger partial charge in [0.2, 0.25) is 16.0 Å². The number of anilines is 2. The first-order valence-electron chi connectivity index (χ1n) is 9.50. The van der Waals surface area contributed by atoms with E-state index in [1.807, 2.05) is 6.07 Å². The Bertz CT molecular complexity index is 1380. The third-order valence-electron chi connectivity index (χ3n) is 4.69. The van der Waals surface area contributed by atoms with E-state index in [1.165, 1.54) is 12.1 Å². The van der Waals surface area contributed by atoms with E-state index in [9.17, 15) is 13.5 Å². The molecule has 32 heavy (non-hydrogen) atoms. The molecule has 0 saturated heterocycles. The van der Waals surface area contributed by atoms with Crippen LogP contribution in [0.1, 0.15) is 11.3 Å². The van der Waals surface area contributed by atoms with Gasteiger partial charge in [-0.1, -0.05) is 42.2 Å². The van der Waals surface area contributed by atoms with Gasteiger partial charge in [-0.15, -0.1) is 0 Å². The number of nitrogens with one attached hydrogen (secondary N) is 2. The molecule has 1 aromatic heterocycles. The number of nitrogens with two attached hydrogens (primary N) is 1. The van der Waals surface area contributed by atoms with Gasteiger partial charge in [0, 0.05) is 17.5 Å². The number of hydrogen-bond acceptors (Lipinski definition) is 7. The Morgan fingerprint density at radius 2 is 1.72 bits per heavy atom. The zero-order valence-corrected chi connectivity index (χ0v) is 17.5. The lowest BCUT2D eigenvalue weighted by atomic mass is 9.95. The smallest absolute Gasteiger partial charge is 0.238 e. The van der Waals surface area contributed by atoms with Gasteiger partial charge in [0.25, 0.3) is 0 Å². The predicted molar refractivity (Wildman–Crippen MR) is 121 cm³/mol. The van der Waals surface area contributed by atoms with Crippen molar-refractivity contribution >= 4 is 38.7 Å². The summed E-state index contributed by atoms with van der Waals surface area (Å²) in [5, 5.41) is 29.1. The number of nitrogens with zero attached hydrogens (tertiary/aromatic N) is 2. The summed E-state index contributed by atoms with van der Waals surface area (Å²) in [5.41, 5.74) is 2.72. The number of hydrogen-bond donors (Lipinski definition) is 3. The second-order valence-electron chi connectivity index (χ2n) is 6.92. The van der Waals surface area contributed by atoms with Crippen LogP contribution in [0.5, 0.6) is 0 Å². The van der Waals surface area contributed by atoms with Crippen LogP contribution in [0.25, 0.3) is 11.3 Å². The van der Waals surface area contributed by atoms with E-state index in [4.69, 9.17) is 10.5 Å². The summed E-state index contributed by atoms with van der Waals surface area (Å²) in [6.07, 6.45) is 6.49. The molecule has 0 spiro atoms. The van der Waals surface area contributed by atoms with Gasteiger partial charge in [0.1, 0.15) is 0 Å². The number of allylic oxidation sites excluding steroid dienone is 5. The van der Waals surface area contributed by atoms with E-state index in [0.29, 0.717) is 22.5 Å². The van der Waals surface area contributed by atoms with E-state index >= 15 is 0 Å². The summed E-state index contributed by atoms with van der Waals surface area (Å²) in [7, 11) is -3.77. The second-order valence-corrected chi connectivity index (χ2v) is 8.48. The molecule has 3 aromatic rings. The maximum atomic E-state index is 12.8. The van der Waals surface area contributed by atoms with Crippen LogP contribution in [-0.2, 0) is 10.0 Å². The van der Waals surface area contributed by atoms with Crippen LogP contribution in [0.2, 0.25) is 0 Å². The summed E-state index contributed by atoms with van der Waals surface area (Å²) < 4.78 is 22.8. The van der Waals surface area contributed by atoms with Crippen molar-refractivity contribution < 1.29 is 13.5 Å². The van der Waals surface area contributed by atoms with Gasteiger partial charge in [-0.05, 0) is 53.6 Å². The van der Waals surface area contributed by atoms with Crippen LogP contribution >= 0.6 is 0 Å². The Morgan fingerprint density at radius 1 is 1.00 bits per heavy atom. The van der Waals surface area contributed by atoms with Gasteiger partial charge in [-0.25, -0.2) is 23.5 Å². The van der Waals surface area contributed by atoms with Crippen molar-refractivity contribution in [2.75, 3.05) is 5.32 Å². The lowest BCUT2D eigenvalue weighted by molar-refractivity contribution is -0.244. The Kier molecular flexibility index (Phi) is 5.67. The van der Waals surface area contributed by atoms with E-state index in [1.54, 1.807) is 66.9 Å². The van der Waals surface area contributed by atoms with Gasteiger partial charge >= 0.3 is 0 Å². The summed E-state index contributed by atoms with van der Waals surface area (Å²) in [4.78, 5) is 8.66. The number of aromatic nitrogens is 2. The molecular formula is C23H18N5O3S-. The molecule has 0 aliphatic heterocycles. The molecule has 1 aliphatic carbocycles. The molecule has 0 radical (unpaired) electrons. The molecule has 2 aromatic carbocycles. The molecule has 0 saturated carbocycles. The quantitative estimate of drug-likeness (QED) is 0.516. The van der Waals surface area contributed by atoms with Crippen molar-refractivity contribution in [1.82, 2.24) is 9.97 Å². The average molecular weight is 444 g/mol. The maximum absolute atomic E-state index is 12.8. The monoisotopic (exact) mass is 444 g/mol. The highest BCUT2D eigenvalue weighted by Gasteiger charge is 2.13. The minimum absolute atomic E-state index is 0.00353. The summed E-state index contributed by atoms with van der Waals surface area (Å²) in [5.74, 6) is 0.0524. The standard InChI is InChI=1S/C23H19N5O3S/c24-20-11-6-16(14-19(20)22(29)15-4-2-1-3-5-15)21-12-13-26-23(28-21)27-17-7-9-18(10-8-17)32(25,30)31/h1-14,24,29H,(H2,25,30,31)(H,26,27,28)/p-1/b22-19-,24-20?. The maximum Gasteiger partial charge on any atom is 0.238 e. The molecule has 9 heteroatoms. The van der Waals surface area contributed by atoms with Crippen molar-refractivity contribution in [2.24, 2.45) is 5.14 Å². The zero-order valence-electron chi connectivity index (χ0n) is 16.7. The van der Waals surface area contributed by atoms with Crippen molar-refractivity contribution in [3.8, 4) is 0 Å². The SMILES string of the molecule is N=C1C=CC(c2ccnc(Nc3ccc(S(N)(=O)=O)cc3)n2)=C/C1=C(/[O-])c1ccccc1. The molecule has 0 bridgehead atoms. The summed E-state index contributed by atoms with van der Waals surface area (Å²) >= 11 is 0. The Hall–Kier alpha value is -4.08. The van der Waals surface area contributed by atoms with E-state index in [0.717, 1.165) is 0 Å². The third-order valence-corrected chi connectivity index (χ3v) is 5.62. The summed E-state index contributed by atoms with van der Waals surface area (Å²) in [6, 6.07) is 16.4. The fourth-order valence-corrected chi connectivity index (χ4v) is 3.59. The molecule has 4 rings (SSSR count). The first-order chi connectivity index (χ1) is 15.3. The van der Waals surface area contributed by atoms with Crippen molar-refractivity contribution in [2.45, 2.75) is 4.90 Å². The first kappa shape index (κ1) is 21.2. The van der Waals surface area contributed by atoms with Gasteiger partial charge in [-0.2, -0.15) is 0 Å². The van der Waals surface area contributed by atoms with Gasteiger partial charge in [-0.3, -0.25) is 0 Å². The van der Waals surface area contributed by atoms with Crippen LogP contribution in [0.4, 0.5) is 11.6 Å². The van der Waals surface area contributed by atoms with Crippen molar-refractivity contribution in [3.05, 3.63) is 102 Å². The largest absolute Gasteiger partial charge is 0.872 e. The molecule has 0 atom stereocenters. The summed E-state index contributed by atoms with van der Waals surface area (Å²) in [6.45, 7) is 0. The highest BCUT2D eigenvalue weighted by molar-refractivity contribution is 7.89. The van der Waals surface area contributed by atoms with Crippen molar-refractivity contribution in [3.63, 3.8) is 0 Å².